The van der Waals surface area contributed by atoms with Crippen LogP contribution in [-0.4, -0.2) is 31.4 Å². The summed E-state index contributed by atoms with van der Waals surface area (Å²) in [6.45, 7) is 0.947. The highest BCUT2D eigenvalue weighted by molar-refractivity contribution is 5.82. The first kappa shape index (κ1) is 18.2. The van der Waals surface area contributed by atoms with Crippen LogP contribution >= 0.6 is 0 Å². The number of nitrogens with zero attached hydrogens (tertiary/aromatic N) is 4. The van der Waals surface area contributed by atoms with Gasteiger partial charge < -0.3 is 10.6 Å². The lowest BCUT2D eigenvalue weighted by Crippen LogP contribution is -2.38. The maximum atomic E-state index is 12.4. The molecule has 0 aliphatic heterocycles. The van der Waals surface area contributed by atoms with Crippen LogP contribution in [0.1, 0.15) is 36.8 Å². The lowest BCUT2D eigenvalue weighted by atomic mass is 9.80. The molecule has 2 amide bonds. The highest BCUT2D eigenvalue weighted by Gasteiger charge is 2.31. The fraction of sp³-hybridized carbons (Fsp3) is 0.556. The van der Waals surface area contributed by atoms with Crippen LogP contribution in [0.15, 0.2) is 24.8 Å². The van der Waals surface area contributed by atoms with Gasteiger partial charge in [0.2, 0.25) is 11.8 Å². The lowest BCUT2D eigenvalue weighted by Gasteiger charge is -2.27. The number of rotatable bonds is 6. The van der Waals surface area contributed by atoms with Gasteiger partial charge in [-0.3, -0.25) is 19.0 Å². The van der Waals surface area contributed by atoms with Crippen molar-refractivity contribution >= 4 is 11.8 Å². The normalized spacial score (nSPS) is 19.9. The summed E-state index contributed by atoms with van der Waals surface area (Å²) in [5, 5.41) is 14.1. The third kappa shape index (κ3) is 4.71. The second-order valence-corrected chi connectivity index (χ2v) is 7.04. The summed E-state index contributed by atoms with van der Waals surface area (Å²) in [5.74, 6) is -0.152. The van der Waals surface area contributed by atoms with Crippen molar-refractivity contribution in [3.8, 4) is 0 Å². The van der Waals surface area contributed by atoms with Crippen molar-refractivity contribution in [2.24, 2.45) is 25.9 Å². The number of aromatic nitrogens is 4. The van der Waals surface area contributed by atoms with E-state index in [-0.39, 0.29) is 23.7 Å². The van der Waals surface area contributed by atoms with Crippen molar-refractivity contribution in [2.75, 3.05) is 0 Å². The molecule has 8 heteroatoms. The zero-order valence-electron chi connectivity index (χ0n) is 15.3. The van der Waals surface area contributed by atoms with Crippen LogP contribution in [0.4, 0.5) is 0 Å². The molecule has 2 aromatic rings. The fourth-order valence-corrected chi connectivity index (χ4v) is 3.46. The summed E-state index contributed by atoms with van der Waals surface area (Å²) >= 11 is 0. The number of amides is 2. The van der Waals surface area contributed by atoms with Gasteiger partial charge in [-0.05, 0) is 19.3 Å². The van der Waals surface area contributed by atoms with E-state index in [0.717, 1.165) is 30.4 Å². The third-order valence-electron chi connectivity index (χ3n) is 4.87. The van der Waals surface area contributed by atoms with Crippen molar-refractivity contribution in [1.82, 2.24) is 30.2 Å². The molecular formula is C18H26N6O2. The Morgan fingerprint density at radius 3 is 1.81 bits per heavy atom. The second-order valence-electron chi connectivity index (χ2n) is 7.04. The summed E-state index contributed by atoms with van der Waals surface area (Å²) in [6, 6.07) is 0. The van der Waals surface area contributed by atoms with Crippen molar-refractivity contribution in [3.63, 3.8) is 0 Å². The minimum Gasteiger partial charge on any atom is -0.352 e. The monoisotopic (exact) mass is 358 g/mol. The maximum absolute atomic E-state index is 12.4. The van der Waals surface area contributed by atoms with E-state index in [4.69, 9.17) is 0 Å². The summed E-state index contributed by atoms with van der Waals surface area (Å²) in [5.41, 5.74) is 1.95. The molecule has 0 aromatic carbocycles. The smallest absolute Gasteiger partial charge is 0.223 e. The molecule has 2 aromatic heterocycles. The molecule has 0 bridgehead atoms. The van der Waals surface area contributed by atoms with E-state index in [9.17, 15) is 9.59 Å². The molecule has 0 saturated heterocycles. The molecule has 1 saturated carbocycles. The lowest BCUT2D eigenvalue weighted by molar-refractivity contribution is -0.130. The largest absolute Gasteiger partial charge is 0.352 e. The van der Waals surface area contributed by atoms with Gasteiger partial charge in [0, 0.05) is 62.5 Å². The van der Waals surface area contributed by atoms with E-state index in [2.05, 4.69) is 20.8 Å². The zero-order valence-corrected chi connectivity index (χ0v) is 15.3. The summed E-state index contributed by atoms with van der Waals surface area (Å²) in [7, 11) is 3.70. The number of hydrogen-bond donors (Lipinski definition) is 2. The maximum Gasteiger partial charge on any atom is 0.223 e. The average molecular weight is 358 g/mol. The number of hydrogen-bond acceptors (Lipinski definition) is 4. The van der Waals surface area contributed by atoms with Gasteiger partial charge in [0.05, 0.1) is 12.4 Å². The quantitative estimate of drug-likeness (QED) is 0.802. The SMILES string of the molecule is Cn1cc(CNC(=O)C2CCCC(C(=O)NCc3cnn(C)c3)C2)cn1. The Hall–Kier alpha value is -2.64. The highest BCUT2D eigenvalue weighted by Crippen LogP contribution is 2.29. The first-order valence-corrected chi connectivity index (χ1v) is 9.01. The van der Waals surface area contributed by atoms with Gasteiger partial charge in [0.1, 0.15) is 0 Å². The molecule has 0 spiro atoms. The number of nitrogens with one attached hydrogen (secondary N) is 2. The van der Waals surface area contributed by atoms with Gasteiger partial charge in [-0.1, -0.05) is 6.42 Å². The van der Waals surface area contributed by atoms with Crippen molar-refractivity contribution < 1.29 is 9.59 Å². The van der Waals surface area contributed by atoms with E-state index in [1.807, 2.05) is 26.5 Å². The van der Waals surface area contributed by atoms with Gasteiger partial charge in [0.25, 0.3) is 0 Å². The molecule has 26 heavy (non-hydrogen) atoms. The second kappa shape index (κ2) is 8.16. The average Bonchev–Trinajstić information content (AvgIpc) is 3.25. The molecule has 1 aliphatic carbocycles. The Balaban J connectivity index is 1.46. The molecule has 8 nitrogen and oxygen atoms in total. The van der Waals surface area contributed by atoms with Gasteiger partial charge in [-0.25, -0.2) is 0 Å². The van der Waals surface area contributed by atoms with Crippen LogP contribution in [0.5, 0.6) is 0 Å². The summed E-state index contributed by atoms with van der Waals surface area (Å²) in [4.78, 5) is 24.9. The van der Waals surface area contributed by atoms with Crippen LogP contribution in [0.2, 0.25) is 0 Å². The van der Waals surface area contributed by atoms with Crippen LogP contribution in [0.3, 0.4) is 0 Å². The van der Waals surface area contributed by atoms with E-state index in [1.54, 1.807) is 21.8 Å². The Labute approximate surface area is 152 Å². The molecular weight excluding hydrogens is 332 g/mol. The predicted molar refractivity (Wildman–Crippen MR) is 95.6 cm³/mol. The van der Waals surface area contributed by atoms with E-state index in [0.29, 0.717) is 19.5 Å². The summed E-state index contributed by atoms with van der Waals surface area (Å²) in [6.07, 6.45) is 10.4. The van der Waals surface area contributed by atoms with Crippen molar-refractivity contribution in [2.45, 2.75) is 38.8 Å². The van der Waals surface area contributed by atoms with E-state index < -0.39 is 0 Å². The van der Waals surface area contributed by atoms with E-state index in [1.165, 1.54) is 0 Å². The number of carbonyl (C=O) groups is 2. The van der Waals surface area contributed by atoms with Crippen molar-refractivity contribution in [3.05, 3.63) is 35.9 Å². The molecule has 0 radical (unpaired) electrons. The van der Waals surface area contributed by atoms with Crippen LogP contribution in [0, 0.1) is 11.8 Å². The molecule has 2 N–H and O–H groups in total. The Bertz CT molecular complexity index is 703. The van der Waals surface area contributed by atoms with Gasteiger partial charge in [0.15, 0.2) is 0 Å². The van der Waals surface area contributed by atoms with Gasteiger partial charge in [-0.15, -0.1) is 0 Å². The van der Waals surface area contributed by atoms with Crippen LogP contribution in [-0.2, 0) is 36.8 Å². The van der Waals surface area contributed by atoms with Gasteiger partial charge >= 0.3 is 0 Å². The van der Waals surface area contributed by atoms with Gasteiger partial charge in [-0.2, -0.15) is 10.2 Å². The number of aryl methyl sites for hydroxylation is 2. The Morgan fingerprint density at radius 2 is 1.42 bits per heavy atom. The van der Waals surface area contributed by atoms with Crippen molar-refractivity contribution in [1.29, 1.82) is 0 Å². The minimum atomic E-state index is -0.102. The first-order chi connectivity index (χ1) is 12.5. The Kier molecular flexibility index (Phi) is 5.70. The molecule has 1 aliphatic rings. The highest BCUT2D eigenvalue weighted by atomic mass is 16.2. The zero-order chi connectivity index (χ0) is 18.5. The molecule has 2 atom stereocenters. The molecule has 140 valence electrons. The molecule has 2 heterocycles. The van der Waals surface area contributed by atoms with Crippen LogP contribution < -0.4 is 10.6 Å². The molecule has 1 fully saturated rings. The molecule has 3 rings (SSSR count). The number of carbonyl (C=O) groups excluding carboxylic acids is 2. The third-order valence-corrected chi connectivity index (χ3v) is 4.87. The topological polar surface area (TPSA) is 93.8 Å². The molecule has 2 unspecified atom stereocenters. The van der Waals surface area contributed by atoms with Crippen LogP contribution in [0.25, 0.3) is 0 Å². The Morgan fingerprint density at radius 1 is 0.962 bits per heavy atom. The predicted octanol–water partition coefficient (Wildman–Crippen LogP) is 0.893. The fourth-order valence-electron chi connectivity index (χ4n) is 3.46. The first-order valence-electron chi connectivity index (χ1n) is 9.01. The summed E-state index contributed by atoms with van der Waals surface area (Å²) < 4.78 is 3.43. The van der Waals surface area contributed by atoms with E-state index >= 15 is 0 Å². The standard InChI is InChI=1S/C18H26N6O2/c1-23-11-13(9-21-23)7-19-17(25)15-4-3-5-16(6-15)18(26)20-8-14-10-22-24(2)12-14/h9-12,15-16H,3-8H2,1-2H3,(H,19,25)(H,20,26). The minimum absolute atomic E-state index is 0.0265.